The molecule has 2 unspecified atom stereocenters. The van der Waals surface area contributed by atoms with Gasteiger partial charge in [0.2, 0.25) is 0 Å². The van der Waals surface area contributed by atoms with Crippen molar-refractivity contribution in [3.63, 3.8) is 0 Å². The van der Waals surface area contributed by atoms with Crippen LogP contribution in [0.1, 0.15) is 46.4 Å². The van der Waals surface area contributed by atoms with E-state index in [4.69, 9.17) is 4.42 Å². The molecule has 2 aromatic rings. The summed E-state index contributed by atoms with van der Waals surface area (Å²) in [4.78, 5) is 30.9. The number of piperidine rings is 1. The summed E-state index contributed by atoms with van der Waals surface area (Å²) in [6.07, 6.45) is 9.85. The van der Waals surface area contributed by atoms with Crippen molar-refractivity contribution in [3.8, 4) is 0 Å². The molecule has 0 spiro atoms. The van der Waals surface area contributed by atoms with Crippen molar-refractivity contribution in [2.24, 2.45) is 0 Å². The molecular formula is C18H19N3O3. The van der Waals surface area contributed by atoms with E-state index in [1.165, 1.54) is 12.5 Å². The van der Waals surface area contributed by atoms with Gasteiger partial charge in [-0.1, -0.05) is 0 Å². The van der Waals surface area contributed by atoms with Gasteiger partial charge in [-0.05, 0) is 43.9 Å². The fourth-order valence-electron chi connectivity index (χ4n) is 3.93. The quantitative estimate of drug-likeness (QED) is 0.939. The molecule has 2 saturated heterocycles. The lowest BCUT2D eigenvalue weighted by molar-refractivity contribution is 0.0549. The van der Waals surface area contributed by atoms with E-state index in [1.54, 1.807) is 30.6 Å². The van der Waals surface area contributed by atoms with Gasteiger partial charge in [0.25, 0.3) is 11.8 Å². The lowest BCUT2D eigenvalue weighted by atomic mass is 9.96. The number of pyridine rings is 1. The van der Waals surface area contributed by atoms with Gasteiger partial charge in [-0.15, -0.1) is 0 Å². The molecule has 2 amide bonds. The van der Waals surface area contributed by atoms with Crippen LogP contribution in [0.3, 0.4) is 0 Å². The molecular weight excluding hydrogens is 306 g/mol. The second-order valence-electron chi connectivity index (χ2n) is 6.49. The zero-order chi connectivity index (χ0) is 16.5. The number of nitrogens with zero attached hydrogens (tertiary/aromatic N) is 2. The Balaban J connectivity index is 1.43. The molecule has 6 nitrogen and oxygen atoms in total. The number of carbonyl (C=O) groups excluding carboxylic acids is 2. The van der Waals surface area contributed by atoms with Crippen molar-refractivity contribution in [1.29, 1.82) is 0 Å². The van der Waals surface area contributed by atoms with Gasteiger partial charge in [0.1, 0.15) is 6.26 Å². The highest BCUT2D eigenvalue weighted by Gasteiger charge is 2.43. The molecule has 124 valence electrons. The van der Waals surface area contributed by atoms with Gasteiger partial charge in [-0.25, -0.2) is 0 Å². The maximum absolute atomic E-state index is 12.6. The lowest BCUT2D eigenvalue weighted by Gasteiger charge is -2.39. The summed E-state index contributed by atoms with van der Waals surface area (Å²) in [5.41, 5.74) is 1.22. The zero-order valence-corrected chi connectivity index (χ0v) is 13.2. The average Bonchev–Trinajstić information content (AvgIpc) is 3.22. The summed E-state index contributed by atoms with van der Waals surface area (Å²) in [5.74, 6) is -0.0356. The first-order valence-electron chi connectivity index (χ1n) is 8.28. The van der Waals surface area contributed by atoms with Crippen LogP contribution in [0.25, 0.3) is 0 Å². The molecule has 2 aliphatic heterocycles. The normalized spacial score (nSPS) is 25.5. The maximum atomic E-state index is 12.6. The molecule has 4 rings (SSSR count). The summed E-state index contributed by atoms with van der Waals surface area (Å²) in [7, 11) is 0. The Kier molecular flexibility index (Phi) is 3.80. The van der Waals surface area contributed by atoms with Crippen LogP contribution in [0.2, 0.25) is 0 Å². The number of carbonyl (C=O) groups is 2. The van der Waals surface area contributed by atoms with E-state index in [-0.39, 0.29) is 29.9 Å². The van der Waals surface area contributed by atoms with Crippen LogP contribution in [-0.2, 0) is 0 Å². The molecule has 2 aromatic heterocycles. The van der Waals surface area contributed by atoms with E-state index in [1.807, 2.05) is 4.90 Å². The van der Waals surface area contributed by atoms with Crippen LogP contribution in [-0.4, -0.2) is 39.8 Å². The van der Waals surface area contributed by atoms with Crippen LogP contribution in [0, 0.1) is 0 Å². The van der Waals surface area contributed by atoms with Crippen molar-refractivity contribution in [3.05, 3.63) is 54.2 Å². The summed E-state index contributed by atoms with van der Waals surface area (Å²) < 4.78 is 5.03. The van der Waals surface area contributed by atoms with E-state index in [2.05, 4.69) is 10.3 Å². The minimum atomic E-state index is -0.0728. The van der Waals surface area contributed by atoms with Gasteiger partial charge in [0.05, 0.1) is 11.8 Å². The van der Waals surface area contributed by atoms with Crippen molar-refractivity contribution in [1.82, 2.24) is 15.2 Å². The second-order valence-corrected chi connectivity index (χ2v) is 6.49. The fraction of sp³-hybridized carbons (Fsp3) is 0.389. The third-order valence-corrected chi connectivity index (χ3v) is 5.01. The zero-order valence-electron chi connectivity index (χ0n) is 13.2. The Morgan fingerprint density at radius 2 is 1.79 bits per heavy atom. The summed E-state index contributed by atoms with van der Waals surface area (Å²) in [6, 6.07) is 5.61. The smallest absolute Gasteiger partial charge is 0.257 e. The summed E-state index contributed by atoms with van der Waals surface area (Å²) >= 11 is 0. The minimum Gasteiger partial charge on any atom is -0.472 e. The highest BCUT2D eigenvalue weighted by molar-refractivity contribution is 5.95. The molecule has 2 fully saturated rings. The Hall–Kier alpha value is -2.63. The lowest BCUT2D eigenvalue weighted by Crippen LogP contribution is -2.52. The molecule has 1 N–H and O–H groups in total. The highest BCUT2D eigenvalue weighted by Crippen LogP contribution is 2.37. The fourth-order valence-corrected chi connectivity index (χ4v) is 3.93. The van der Waals surface area contributed by atoms with Crippen LogP contribution in [0.15, 0.2) is 47.5 Å². The van der Waals surface area contributed by atoms with Crippen LogP contribution >= 0.6 is 0 Å². The molecule has 2 atom stereocenters. The predicted octanol–water partition coefficient (Wildman–Crippen LogP) is 2.24. The van der Waals surface area contributed by atoms with Gasteiger partial charge < -0.3 is 14.6 Å². The van der Waals surface area contributed by atoms with Crippen LogP contribution in [0.4, 0.5) is 0 Å². The minimum absolute atomic E-state index is 0.0372. The van der Waals surface area contributed by atoms with Gasteiger partial charge in [-0.3, -0.25) is 14.6 Å². The second kappa shape index (κ2) is 6.11. The van der Waals surface area contributed by atoms with E-state index < -0.39 is 0 Å². The number of hydrogen-bond acceptors (Lipinski definition) is 4. The van der Waals surface area contributed by atoms with Crippen molar-refractivity contribution in [2.75, 3.05) is 0 Å². The highest BCUT2D eigenvalue weighted by atomic mass is 16.3. The Labute approximate surface area is 139 Å². The van der Waals surface area contributed by atoms with Crippen molar-refractivity contribution < 1.29 is 14.0 Å². The van der Waals surface area contributed by atoms with Crippen LogP contribution in [0.5, 0.6) is 0 Å². The third kappa shape index (κ3) is 2.68. The third-order valence-electron chi connectivity index (χ3n) is 5.01. The van der Waals surface area contributed by atoms with Gasteiger partial charge in [-0.2, -0.15) is 0 Å². The molecule has 2 aliphatic rings. The first-order chi connectivity index (χ1) is 11.7. The molecule has 0 aromatic carbocycles. The molecule has 0 aliphatic carbocycles. The summed E-state index contributed by atoms with van der Waals surface area (Å²) in [6.45, 7) is 0. The molecule has 2 bridgehead atoms. The van der Waals surface area contributed by atoms with Gasteiger partial charge in [0.15, 0.2) is 0 Å². The number of nitrogens with one attached hydrogen (secondary N) is 1. The number of aromatic nitrogens is 1. The van der Waals surface area contributed by atoms with Crippen molar-refractivity contribution >= 4 is 11.8 Å². The molecule has 6 heteroatoms. The number of furan rings is 1. The van der Waals surface area contributed by atoms with E-state index in [9.17, 15) is 9.59 Å². The standard InChI is InChI=1S/C18H19N3O3/c22-17(12-3-6-19-7-4-12)20-14-9-15-1-2-16(10-14)21(15)18(23)13-5-8-24-11-13/h3-8,11,14-16H,1-2,9-10H2,(H,20,22). The average molecular weight is 325 g/mol. The first kappa shape index (κ1) is 14.9. The largest absolute Gasteiger partial charge is 0.472 e. The maximum Gasteiger partial charge on any atom is 0.257 e. The van der Waals surface area contributed by atoms with E-state index in [0.29, 0.717) is 11.1 Å². The number of hydrogen-bond donors (Lipinski definition) is 1. The van der Waals surface area contributed by atoms with Crippen LogP contribution < -0.4 is 5.32 Å². The Morgan fingerprint density at radius 1 is 1.08 bits per heavy atom. The van der Waals surface area contributed by atoms with Gasteiger partial charge in [0, 0.05) is 36.1 Å². The molecule has 4 heterocycles. The Morgan fingerprint density at radius 3 is 2.42 bits per heavy atom. The number of amides is 2. The number of fused-ring (bicyclic) bond motifs is 2. The predicted molar refractivity (Wildman–Crippen MR) is 86.4 cm³/mol. The molecule has 24 heavy (non-hydrogen) atoms. The Bertz CT molecular complexity index is 715. The van der Waals surface area contributed by atoms with Crippen molar-refractivity contribution in [2.45, 2.75) is 43.8 Å². The monoisotopic (exact) mass is 325 g/mol. The first-order valence-corrected chi connectivity index (χ1v) is 8.28. The van der Waals surface area contributed by atoms with Gasteiger partial charge >= 0.3 is 0 Å². The van der Waals surface area contributed by atoms with E-state index in [0.717, 1.165) is 25.7 Å². The molecule has 0 saturated carbocycles. The molecule has 0 radical (unpaired) electrons. The van der Waals surface area contributed by atoms with E-state index >= 15 is 0 Å². The summed E-state index contributed by atoms with van der Waals surface area (Å²) in [5, 5.41) is 3.11. The SMILES string of the molecule is O=C(NC1CC2CCC(C1)N2C(=O)c1ccoc1)c1ccncc1. The number of rotatable bonds is 3. The topological polar surface area (TPSA) is 75.4 Å².